The number of esters is 6. The number of ether oxygens (including phenoxy) is 8. The smallest absolute Gasteiger partial charge is 0.343 e. The molecule has 0 aliphatic rings. The standard InChI is InChI=1S/C51H56O14/c1-36(2)48(54)60-34-12-8-9-14-46(52)62-42-24-28-44(29-25-42)64-50(56)38-16-20-40(21-17-38)58-32-10-6-5-7-11-33-59-41-22-18-39(19-23-41)51(57)65-45-30-26-43(27-31-45)63-47(53)15-13-35-61-49(55)37(3)4/h16-31H,1,3,5-15,32-35H2,2,4H3. The molecule has 344 valence electrons. The third kappa shape index (κ3) is 19.8. The van der Waals surface area contributed by atoms with Crippen LogP contribution < -0.4 is 28.4 Å². The topological polar surface area (TPSA) is 176 Å². The van der Waals surface area contributed by atoms with Crippen LogP contribution in [0.15, 0.2) is 121 Å². The van der Waals surface area contributed by atoms with Crippen LogP contribution in [0.5, 0.6) is 34.5 Å². The Kier molecular flexibility index (Phi) is 21.5. The Bertz CT molecular complexity index is 2190. The largest absolute Gasteiger partial charge is 0.494 e. The molecule has 0 spiro atoms. The number of benzene rings is 4. The van der Waals surface area contributed by atoms with Crippen molar-refractivity contribution in [2.24, 2.45) is 0 Å². The second kappa shape index (κ2) is 27.8. The Morgan fingerprint density at radius 2 is 0.677 bits per heavy atom. The van der Waals surface area contributed by atoms with Gasteiger partial charge in [0.1, 0.15) is 34.5 Å². The van der Waals surface area contributed by atoms with Gasteiger partial charge in [0.25, 0.3) is 0 Å². The van der Waals surface area contributed by atoms with Crippen LogP contribution in [-0.2, 0) is 28.7 Å². The zero-order valence-corrected chi connectivity index (χ0v) is 37.0. The quantitative estimate of drug-likeness (QED) is 0.0228. The summed E-state index contributed by atoms with van der Waals surface area (Å²) < 4.78 is 43.2. The van der Waals surface area contributed by atoms with E-state index in [9.17, 15) is 28.8 Å². The molecule has 0 aliphatic carbocycles. The normalized spacial score (nSPS) is 10.5. The summed E-state index contributed by atoms with van der Waals surface area (Å²) in [5.74, 6) is -0.351. The van der Waals surface area contributed by atoms with Gasteiger partial charge in [-0.2, -0.15) is 0 Å². The van der Waals surface area contributed by atoms with Gasteiger partial charge < -0.3 is 37.9 Å². The first-order valence-corrected chi connectivity index (χ1v) is 21.5. The summed E-state index contributed by atoms with van der Waals surface area (Å²) in [6.07, 6.45) is 7.28. The van der Waals surface area contributed by atoms with Gasteiger partial charge in [-0.3, -0.25) is 9.59 Å². The van der Waals surface area contributed by atoms with E-state index >= 15 is 0 Å². The van der Waals surface area contributed by atoms with Crippen molar-refractivity contribution in [1.82, 2.24) is 0 Å². The van der Waals surface area contributed by atoms with Gasteiger partial charge >= 0.3 is 35.8 Å². The van der Waals surface area contributed by atoms with Crippen molar-refractivity contribution in [3.8, 4) is 34.5 Å². The fourth-order valence-electron chi connectivity index (χ4n) is 5.68. The van der Waals surface area contributed by atoms with Gasteiger partial charge in [-0.1, -0.05) is 32.4 Å². The molecule has 65 heavy (non-hydrogen) atoms. The van der Waals surface area contributed by atoms with Gasteiger partial charge in [-0.25, -0.2) is 19.2 Å². The van der Waals surface area contributed by atoms with Crippen LogP contribution in [0, 0.1) is 0 Å². The van der Waals surface area contributed by atoms with Gasteiger partial charge in [0, 0.05) is 24.0 Å². The van der Waals surface area contributed by atoms with Crippen molar-refractivity contribution in [3.05, 3.63) is 132 Å². The lowest BCUT2D eigenvalue weighted by atomic mass is 10.1. The van der Waals surface area contributed by atoms with Crippen molar-refractivity contribution >= 4 is 35.8 Å². The van der Waals surface area contributed by atoms with Gasteiger partial charge in [0.2, 0.25) is 0 Å². The Balaban J connectivity index is 1.01. The second-order valence-electron chi connectivity index (χ2n) is 14.9. The van der Waals surface area contributed by atoms with Gasteiger partial charge in [0.05, 0.1) is 37.6 Å². The molecule has 0 N–H and O–H groups in total. The number of unbranched alkanes of at least 4 members (excludes halogenated alkanes) is 6. The van der Waals surface area contributed by atoms with E-state index in [-0.39, 0.29) is 43.3 Å². The van der Waals surface area contributed by atoms with Crippen molar-refractivity contribution in [3.63, 3.8) is 0 Å². The molecule has 4 aromatic carbocycles. The van der Waals surface area contributed by atoms with Gasteiger partial charge in [-0.05, 0) is 149 Å². The van der Waals surface area contributed by atoms with E-state index in [0.29, 0.717) is 84.3 Å². The van der Waals surface area contributed by atoms with Crippen LogP contribution in [0.3, 0.4) is 0 Å². The molecule has 0 atom stereocenters. The summed E-state index contributed by atoms with van der Waals surface area (Å²) in [4.78, 5) is 72.3. The lowest BCUT2D eigenvalue weighted by Gasteiger charge is -2.09. The molecular formula is C51H56O14. The molecule has 14 nitrogen and oxygen atoms in total. The van der Waals surface area contributed by atoms with Crippen LogP contribution >= 0.6 is 0 Å². The molecule has 0 bridgehead atoms. The molecule has 0 radical (unpaired) electrons. The van der Waals surface area contributed by atoms with Gasteiger partial charge in [-0.15, -0.1) is 0 Å². The highest BCUT2D eigenvalue weighted by Gasteiger charge is 2.13. The number of hydrogen-bond acceptors (Lipinski definition) is 14. The second-order valence-corrected chi connectivity index (χ2v) is 14.9. The molecule has 0 unspecified atom stereocenters. The first-order chi connectivity index (χ1) is 31.4. The Morgan fingerprint density at radius 3 is 1.08 bits per heavy atom. The van der Waals surface area contributed by atoms with E-state index in [2.05, 4.69) is 13.2 Å². The lowest BCUT2D eigenvalue weighted by Crippen LogP contribution is -2.11. The van der Waals surface area contributed by atoms with Crippen LogP contribution in [0.4, 0.5) is 0 Å². The third-order valence-electron chi connectivity index (χ3n) is 9.25. The molecule has 0 fully saturated rings. The molecule has 0 aromatic heterocycles. The minimum Gasteiger partial charge on any atom is -0.494 e. The summed E-state index contributed by atoms with van der Waals surface area (Å²) in [5, 5.41) is 0. The highest BCUT2D eigenvalue weighted by molar-refractivity contribution is 5.92. The molecule has 0 saturated carbocycles. The first kappa shape index (κ1) is 50.4. The van der Waals surface area contributed by atoms with Crippen molar-refractivity contribution in [1.29, 1.82) is 0 Å². The number of carbonyl (C=O) groups excluding carboxylic acids is 6. The van der Waals surface area contributed by atoms with Crippen LogP contribution in [-0.4, -0.2) is 62.2 Å². The maximum absolute atomic E-state index is 12.7. The van der Waals surface area contributed by atoms with Crippen molar-refractivity contribution < 1.29 is 66.7 Å². The van der Waals surface area contributed by atoms with E-state index in [1.807, 2.05) is 0 Å². The molecule has 0 amide bonds. The van der Waals surface area contributed by atoms with E-state index in [1.165, 1.54) is 24.3 Å². The molecule has 0 heterocycles. The summed E-state index contributed by atoms with van der Waals surface area (Å²) >= 11 is 0. The average Bonchev–Trinajstić information content (AvgIpc) is 3.29. The summed E-state index contributed by atoms with van der Waals surface area (Å²) in [5.41, 5.74) is 1.35. The monoisotopic (exact) mass is 892 g/mol. The van der Waals surface area contributed by atoms with Crippen molar-refractivity contribution in [2.45, 2.75) is 84.5 Å². The Labute approximate surface area is 379 Å². The molecule has 0 saturated heterocycles. The van der Waals surface area contributed by atoms with Crippen LogP contribution in [0.2, 0.25) is 0 Å². The summed E-state index contributed by atoms with van der Waals surface area (Å²) in [6, 6.07) is 25.7. The fraction of sp³-hybridized carbons (Fsp3) is 0.333. The maximum Gasteiger partial charge on any atom is 0.343 e. The fourth-order valence-corrected chi connectivity index (χ4v) is 5.68. The summed E-state index contributed by atoms with van der Waals surface area (Å²) in [6.45, 7) is 11.6. The minimum absolute atomic E-state index is 0.0647. The van der Waals surface area contributed by atoms with Crippen LogP contribution in [0.25, 0.3) is 0 Å². The SMILES string of the molecule is C=C(C)C(=O)OCCCCCC(=O)Oc1ccc(OC(=O)c2ccc(OCCCCCCCOc3ccc(C(=O)Oc4ccc(OC(=O)CCCOC(=O)C(=C)C)cc4)cc3)cc2)cc1. The van der Waals surface area contributed by atoms with E-state index in [1.54, 1.807) is 86.6 Å². The Morgan fingerprint density at radius 1 is 0.369 bits per heavy atom. The van der Waals surface area contributed by atoms with E-state index in [0.717, 1.165) is 32.1 Å². The zero-order valence-electron chi connectivity index (χ0n) is 37.0. The molecule has 4 rings (SSSR count). The average molecular weight is 893 g/mol. The minimum atomic E-state index is -0.544. The molecule has 4 aromatic rings. The van der Waals surface area contributed by atoms with E-state index in [4.69, 9.17) is 37.9 Å². The predicted octanol–water partition coefficient (Wildman–Crippen LogP) is 9.92. The van der Waals surface area contributed by atoms with Gasteiger partial charge in [0.15, 0.2) is 0 Å². The highest BCUT2D eigenvalue weighted by Crippen LogP contribution is 2.23. The van der Waals surface area contributed by atoms with Crippen LogP contribution in [0.1, 0.15) is 105 Å². The molecule has 0 aliphatic heterocycles. The highest BCUT2D eigenvalue weighted by atomic mass is 16.6. The number of carbonyl (C=O) groups is 6. The number of hydrogen-bond donors (Lipinski definition) is 0. The Hall–Kier alpha value is -7.22. The third-order valence-corrected chi connectivity index (χ3v) is 9.25. The van der Waals surface area contributed by atoms with E-state index < -0.39 is 29.8 Å². The molecule has 14 heteroatoms. The van der Waals surface area contributed by atoms with Crippen molar-refractivity contribution in [2.75, 3.05) is 26.4 Å². The maximum atomic E-state index is 12.7. The predicted molar refractivity (Wildman–Crippen MR) is 240 cm³/mol. The summed E-state index contributed by atoms with van der Waals surface area (Å²) in [7, 11) is 0. The lowest BCUT2D eigenvalue weighted by molar-refractivity contribution is -0.141. The number of rotatable bonds is 28. The molecular weight excluding hydrogens is 837 g/mol. The zero-order chi connectivity index (χ0) is 46.8. The first-order valence-electron chi connectivity index (χ1n) is 21.5.